The van der Waals surface area contributed by atoms with Crippen LogP contribution in [0.4, 0.5) is 11.4 Å². The zero-order valence-electron chi connectivity index (χ0n) is 28.1. The number of fused-ring (bicyclic) bond motifs is 2. The van der Waals surface area contributed by atoms with Crippen molar-refractivity contribution in [3.8, 4) is 11.8 Å². The fourth-order valence-corrected chi connectivity index (χ4v) is 5.58. The molecule has 2 unspecified atom stereocenters. The Morgan fingerprint density at radius 2 is 1.14 bits per heavy atom. The van der Waals surface area contributed by atoms with E-state index in [0.29, 0.717) is 49.6 Å². The predicted octanol–water partition coefficient (Wildman–Crippen LogP) is 7.05. The molecule has 8 nitrogen and oxygen atoms in total. The molecule has 2 atom stereocenters. The van der Waals surface area contributed by atoms with Gasteiger partial charge in [0.1, 0.15) is 0 Å². The summed E-state index contributed by atoms with van der Waals surface area (Å²) in [5.74, 6) is 2.47. The Bertz CT molecular complexity index is 1920. The summed E-state index contributed by atoms with van der Waals surface area (Å²) in [4.78, 5) is 8.65. The predicted molar refractivity (Wildman–Crippen MR) is 215 cm³/mol. The average molecular weight is 707 g/mol. The van der Waals surface area contributed by atoms with Crippen LogP contribution >= 0.6 is 25.3 Å². The third kappa shape index (κ3) is 11.0. The smallest absolute Gasteiger partial charge is 0.237 e. The molecule has 0 aliphatic carbocycles. The summed E-state index contributed by atoms with van der Waals surface area (Å²) in [6.45, 7) is 2.41. The zero-order valence-corrected chi connectivity index (χ0v) is 29.9. The molecule has 0 spiro atoms. The summed E-state index contributed by atoms with van der Waals surface area (Å²) in [6.07, 6.45) is 5.12. The van der Waals surface area contributed by atoms with Crippen molar-refractivity contribution in [1.82, 2.24) is 9.97 Å². The van der Waals surface area contributed by atoms with Crippen LogP contribution in [-0.2, 0) is 12.8 Å². The average Bonchev–Trinajstić information content (AvgIpc) is 3.17. The van der Waals surface area contributed by atoms with Crippen molar-refractivity contribution in [3.63, 3.8) is 0 Å². The van der Waals surface area contributed by atoms with Crippen molar-refractivity contribution in [2.24, 2.45) is 11.5 Å². The number of thiol groups is 2. The van der Waals surface area contributed by atoms with Crippen LogP contribution in [0.15, 0.2) is 122 Å². The van der Waals surface area contributed by atoms with Gasteiger partial charge in [0.05, 0.1) is 24.6 Å². The topological polar surface area (TPSA) is 120 Å². The van der Waals surface area contributed by atoms with Gasteiger partial charge in [-0.2, -0.15) is 25.3 Å². The van der Waals surface area contributed by atoms with Gasteiger partial charge in [-0.15, -0.1) is 0 Å². The van der Waals surface area contributed by atoms with Crippen LogP contribution < -0.4 is 31.6 Å². The number of anilines is 2. The van der Waals surface area contributed by atoms with Crippen molar-refractivity contribution in [1.29, 1.82) is 0 Å². The van der Waals surface area contributed by atoms with E-state index >= 15 is 0 Å². The molecule has 0 fully saturated rings. The summed E-state index contributed by atoms with van der Waals surface area (Å²) in [5, 5.41) is 11.6. The van der Waals surface area contributed by atoms with E-state index in [-0.39, 0.29) is 12.1 Å². The lowest BCUT2D eigenvalue weighted by Gasteiger charge is -2.14. The molecule has 4 aromatic carbocycles. The van der Waals surface area contributed by atoms with Gasteiger partial charge in [0.2, 0.25) is 11.8 Å². The lowest BCUT2D eigenvalue weighted by Crippen LogP contribution is -2.30. The van der Waals surface area contributed by atoms with Gasteiger partial charge in [0, 0.05) is 61.9 Å². The van der Waals surface area contributed by atoms with Gasteiger partial charge in [0.15, 0.2) is 0 Å². The van der Waals surface area contributed by atoms with Crippen LogP contribution in [0.3, 0.4) is 0 Å². The lowest BCUT2D eigenvalue weighted by atomic mass is 10.0. The van der Waals surface area contributed by atoms with Gasteiger partial charge in [-0.3, -0.25) is 0 Å². The Balaban J connectivity index is 0.000000194. The molecule has 0 aliphatic heterocycles. The van der Waals surface area contributed by atoms with Crippen LogP contribution in [0.1, 0.15) is 11.1 Å². The molecular weight excluding hydrogens is 661 g/mol. The van der Waals surface area contributed by atoms with Crippen LogP contribution in [0.25, 0.3) is 21.5 Å². The summed E-state index contributed by atoms with van der Waals surface area (Å²) in [5.41, 5.74) is 16.0. The van der Waals surface area contributed by atoms with E-state index in [9.17, 15) is 0 Å². The first kappa shape index (κ1) is 36.8. The number of aromatic nitrogens is 2. The summed E-state index contributed by atoms with van der Waals surface area (Å²) < 4.78 is 11.8. The van der Waals surface area contributed by atoms with E-state index in [4.69, 9.17) is 20.9 Å². The maximum atomic E-state index is 5.92. The van der Waals surface area contributed by atoms with Gasteiger partial charge in [-0.1, -0.05) is 84.9 Å². The highest BCUT2D eigenvalue weighted by atomic mass is 32.1. The maximum Gasteiger partial charge on any atom is 0.237 e. The van der Waals surface area contributed by atoms with Crippen molar-refractivity contribution >= 4 is 58.2 Å². The molecule has 260 valence electrons. The standard InChI is InChI=1S/2C20H23N3OS/c21-17(14-25)13-23-19-9-4-11-22-20(19)24-12-10-16-7-3-6-15-5-1-2-8-18(15)16;21-18(14-25)13-23-19-6-3-10-22-20(19)24-11-9-15-7-8-16-4-1-2-5-17(16)12-15/h1-9,11,17,23,25H,10,12-14,21H2;1-8,10,12,18,23,25H,9,11,13-14,21H2. The minimum Gasteiger partial charge on any atom is -0.476 e. The number of hydrogen-bond acceptors (Lipinski definition) is 10. The fraction of sp³-hybridized carbons (Fsp3) is 0.250. The first-order chi connectivity index (χ1) is 24.5. The summed E-state index contributed by atoms with van der Waals surface area (Å²) in [7, 11) is 0. The highest BCUT2D eigenvalue weighted by Crippen LogP contribution is 2.23. The SMILES string of the molecule is NC(CS)CNc1cccnc1OCCc1ccc2ccccc2c1.NC(CS)CNc1cccnc1OCCc1cccc2ccccc12. The number of nitrogens with zero attached hydrogens (tertiary/aromatic N) is 2. The molecule has 0 amide bonds. The molecule has 0 bridgehead atoms. The van der Waals surface area contributed by atoms with E-state index < -0.39 is 0 Å². The molecule has 50 heavy (non-hydrogen) atoms. The normalized spacial score (nSPS) is 12.1. The number of pyridine rings is 2. The molecule has 0 saturated carbocycles. The van der Waals surface area contributed by atoms with E-state index in [1.165, 1.54) is 32.7 Å². The molecule has 0 saturated heterocycles. The van der Waals surface area contributed by atoms with Crippen molar-refractivity contribution in [2.45, 2.75) is 24.9 Å². The molecule has 10 heteroatoms. The minimum atomic E-state index is -0.00734. The number of nitrogens with two attached hydrogens (primary N) is 2. The van der Waals surface area contributed by atoms with Crippen molar-refractivity contribution in [3.05, 3.63) is 133 Å². The Hall–Kier alpha value is -4.48. The Labute approximate surface area is 305 Å². The zero-order chi connectivity index (χ0) is 35.0. The number of ether oxygens (including phenoxy) is 2. The third-order valence-electron chi connectivity index (χ3n) is 8.05. The molecular formula is C40H46N6O2S2. The van der Waals surface area contributed by atoms with Crippen LogP contribution in [0.5, 0.6) is 11.8 Å². The van der Waals surface area contributed by atoms with Crippen molar-refractivity contribution in [2.75, 3.05) is 48.4 Å². The Morgan fingerprint density at radius 3 is 1.78 bits per heavy atom. The van der Waals surface area contributed by atoms with E-state index in [2.05, 4.69) is 131 Å². The van der Waals surface area contributed by atoms with Gasteiger partial charge >= 0.3 is 0 Å². The second-order valence-electron chi connectivity index (χ2n) is 11.9. The molecule has 6 N–H and O–H groups in total. The molecule has 2 heterocycles. The monoisotopic (exact) mass is 706 g/mol. The number of benzene rings is 4. The Kier molecular flexibility index (Phi) is 14.5. The molecule has 0 aliphatic rings. The Morgan fingerprint density at radius 1 is 0.580 bits per heavy atom. The van der Waals surface area contributed by atoms with Crippen LogP contribution in [-0.4, -0.2) is 59.9 Å². The second-order valence-corrected chi connectivity index (χ2v) is 12.6. The van der Waals surface area contributed by atoms with E-state index in [1.807, 2.05) is 24.3 Å². The lowest BCUT2D eigenvalue weighted by molar-refractivity contribution is 0.311. The number of rotatable bonds is 16. The number of nitrogens with one attached hydrogen (secondary N) is 2. The van der Waals surface area contributed by atoms with Gasteiger partial charge in [-0.25, -0.2) is 9.97 Å². The van der Waals surface area contributed by atoms with Crippen molar-refractivity contribution < 1.29 is 9.47 Å². The molecule has 6 rings (SSSR count). The summed E-state index contributed by atoms with van der Waals surface area (Å²) >= 11 is 8.40. The quantitative estimate of drug-likeness (QED) is 0.0593. The van der Waals surface area contributed by atoms with Gasteiger partial charge < -0.3 is 31.6 Å². The third-order valence-corrected chi connectivity index (χ3v) is 8.99. The highest BCUT2D eigenvalue weighted by Gasteiger charge is 2.09. The molecule has 6 aromatic rings. The van der Waals surface area contributed by atoms with Crippen LogP contribution in [0, 0.1) is 0 Å². The van der Waals surface area contributed by atoms with Crippen LogP contribution in [0.2, 0.25) is 0 Å². The summed E-state index contributed by atoms with van der Waals surface area (Å²) in [6, 6.07) is 37.3. The van der Waals surface area contributed by atoms with E-state index in [0.717, 1.165) is 24.2 Å². The molecule has 2 aromatic heterocycles. The fourth-order valence-electron chi connectivity index (χ4n) is 5.32. The minimum absolute atomic E-state index is 0.00557. The second kappa shape index (κ2) is 19.6. The number of hydrogen-bond donors (Lipinski definition) is 6. The first-order valence-electron chi connectivity index (χ1n) is 16.8. The highest BCUT2D eigenvalue weighted by molar-refractivity contribution is 7.80. The largest absolute Gasteiger partial charge is 0.476 e. The maximum absolute atomic E-state index is 5.92. The van der Waals surface area contributed by atoms with Gasteiger partial charge in [-0.05, 0) is 56.9 Å². The molecule has 0 radical (unpaired) electrons. The van der Waals surface area contributed by atoms with E-state index in [1.54, 1.807) is 12.4 Å². The van der Waals surface area contributed by atoms with Gasteiger partial charge in [0.25, 0.3) is 0 Å². The first-order valence-corrected chi connectivity index (χ1v) is 18.1.